The number of rotatable bonds is 6. The summed E-state index contributed by atoms with van der Waals surface area (Å²) in [5.41, 5.74) is 2.42. The fourth-order valence-corrected chi connectivity index (χ4v) is 2.72. The average molecular weight is 376 g/mol. The van der Waals surface area contributed by atoms with Gasteiger partial charge in [0.2, 0.25) is 0 Å². The molecule has 3 rings (SSSR count). The zero-order valence-electron chi connectivity index (χ0n) is 15.4. The second-order valence-corrected chi connectivity index (χ2v) is 6.20. The summed E-state index contributed by atoms with van der Waals surface area (Å²) in [5, 5.41) is 9.52. The van der Waals surface area contributed by atoms with Gasteiger partial charge >= 0.3 is 11.9 Å². The van der Waals surface area contributed by atoms with Crippen molar-refractivity contribution in [2.45, 2.75) is 20.1 Å². The first-order valence-corrected chi connectivity index (χ1v) is 8.81. The Kier molecular flexibility index (Phi) is 6.19. The lowest BCUT2D eigenvalue weighted by atomic mass is 10.0. The molecule has 0 saturated heterocycles. The van der Waals surface area contributed by atoms with E-state index in [4.69, 9.17) is 9.47 Å². The zero-order valence-corrected chi connectivity index (χ0v) is 15.4. The summed E-state index contributed by atoms with van der Waals surface area (Å²) in [6.07, 6.45) is 0. The van der Waals surface area contributed by atoms with Crippen LogP contribution in [0, 0.1) is 6.92 Å². The number of carbonyl (C=O) groups is 2. The summed E-state index contributed by atoms with van der Waals surface area (Å²) in [5.74, 6) is -1.10. The normalized spacial score (nSPS) is 10.4. The molecule has 0 heterocycles. The number of hydrogen-bond acceptors (Lipinski definition) is 5. The minimum Gasteiger partial charge on any atom is -0.457 e. The first-order valence-electron chi connectivity index (χ1n) is 8.81. The highest BCUT2D eigenvalue weighted by atomic mass is 16.5. The fraction of sp³-hybridized carbons (Fsp3) is 0.130. The summed E-state index contributed by atoms with van der Waals surface area (Å²) in [6, 6.07) is 20.9. The van der Waals surface area contributed by atoms with E-state index in [2.05, 4.69) is 0 Å². The molecular weight excluding hydrogens is 356 g/mol. The number of hydrogen-bond donors (Lipinski definition) is 1. The van der Waals surface area contributed by atoms with Crippen LogP contribution < -0.4 is 4.74 Å². The highest BCUT2D eigenvalue weighted by Gasteiger charge is 2.21. The molecule has 0 bridgehead atoms. The van der Waals surface area contributed by atoms with Gasteiger partial charge in [-0.2, -0.15) is 0 Å². The van der Waals surface area contributed by atoms with Crippen molar-refractivity contribution in [1.82, 2.24) is 0 Å². The van der Waals surface area contributed by atoms with Crippen LogP contribution in [0.2, 0.25) is 0 Å². The van der Waals surface area contributed by atoms with E-state index in [-0.39, 0.29) is 24.5 Å². The van der Waals surface area contributed by atoms with Crippen LogP contribution in [0.5, 0.6) is 5.75 Å². The third-order valence-corrected chi connectivity index (χ3v) is 4.33. The predicted molar refractivity (Wildman–Crippen MR) is 104 cm³/mol. The number of ether oxygens (including phenoxy) is 2. The van der Waals surface area contributed by atoms with Crippen LogP contribution in [0.15, 0.2) is 72.8 Å². The summed E-state index contributed by atoms with van der Waals surface area (Å²) in [6.45, 7) is 1.56. The molecule has 5 nitrogen and oxygen atoms in total. The first kappa shape index (κ1) is 19.3. The van der Waals surface area contributed by atoms with Crippen molar-refractivity contribution in [3.05, 3.63) is 101 Å². The Bertz CT molecular complexity index is 965. The van der Waals surface area contributed by atoms with E-state index in [1.807, 2.05) is 30.3 Å². The van der Waals surface area contributed by atoms with Crippen LogP contribution in [0.4, 0.5) is 0 Å². The van der Waals surface area contributed by atoms with Gasteiger partial charge in [0.25, 0.3) is 0 Å². The first-order chi connectivity index (χ1) is 13.6. The highest BCUT2D eigenvalue weighted by Crippen LogP contribution is 2.29. The molecule has 0 fully saturated rings. The van der Waals surface area contributed by atoms with Crippen LogP contribution in [0.1, 0.15) is 37.4 Å². The Balaban J connectivity index is 1.87. The average Bonchev–Trinajstić information content (AvgIpc) is 2.74. The Morgan fingerprint density at radius 2 is 1.50 bits per heavy atom. The van der Waals surface area contributed by atoms with Gasteiger partial charge in [0.1, 0.15) is 17.9 Å². The van der Waals surface area contributed by atoms with E-state index in [0.29, 0.717) is 16.7 Å². The maximum atomic E-state index is 12.6. The van der Waals surface area contributed by atoms with Gasteiger partial charge in [-0.1, -0.05) is 54.6 Å². The lowest BCUT2D eigenvalue weighted by Crippen LogP contribution is -2.15. The highest BCUT2D eigenvalue weighted by molar-refractivity contribution is 5.97. The summed E-state index contributed by atoms with van der Waals surface area (Å²) in [4.78, 5) is 25.1. The van der Waals surface area contributed by atoms with E-state index >= 15 is 0 Å². The summed E-state index contributed by atoms with van der Waals surface area (Å²) in [7, 11) is 0. The van der Waals surface area contributed by atoms with Crippen molar-refractivity contribution < 1.29 is 24.2 Å². The van der Waals surface area contributed by atoms with E-state index in [1.165, 1.54) is 6.07 Å². The number of aliphatic hydroxyl groups excluding tert-OH is 1. The molecular formula is C23H20O5. The molecule has 0 atom stereocenters. The van der Waals surface area contributed by atoms with E-state index in [0.717, 1.165) is 5.56 Å². The van der Waals surface area contributed by atoms with Crippen molar-refractivity contribution >= 4 is 11.9 Å². The van der Waals surface area contributed by atoms with Crippen LogP contribution in [0.25, 0.3) is 0 Å². The van der Waals surface area contributed by atoms with Crippen LogP contribution in [-0.4, -0.2) is 17.0 Å². The minimum atomic E-state index is -0.604. The maximum Gasteiger partial charge on any atom is 0.343 e. The third-order valence-electron chi connectivity index (χ3n) is 4.33. The molecule has 0 aromatic heterocycles. The Labute approximate surface area is 163 Å². The molecule has 1 N–H and O–H groups in total. The quantitative estimate of drug-likeness (QED) is 0.519. The van der Waals surface area contributed by atoms with Gasteiger partial charge in [-0.25, -0.2) is 9.59 Å². The van der Waals surface area contributed by atoms with Crippen molar-refractivity contribution in [2.24, 2.45) is 0 Å². The van der Waals surface area contributed by atoms with Gasteiger partial charge in [-0.05, 0) is 41.8 Å². The predicted octanol–water partition coefficient (Wildman–Crippen LogP) is 4.06. The number of aliphatic hydroxyl groups is 1. The zero-order chi connectivity index (χ0) is 19.9. The molecule has 0 aliphatic carbocycles. The Morgan fingerprint density at radius 3 is 2.14 bits per heavy atom. The molecule has 0 spiro atoms. The van der Waals surface area contributed by atoms with Gasteiger partial charge < -0.3 is 14.6 Å². The maximum absolute atomic E-state index is 12.6. The Hall–Kier alpha value is -3.44. The van der Waals surface area contributed by atoms with Crippen LogP contribution >= 0.6 is 0 Å². The number of benzene rings is 3. The second kappa shape index (κ2) is 8.97. The van der Waals surface area contributed by atoms with Crippen molar-refractivity contribution in [1.29, 1.82) is 0 Å². The van der Waals surface area contributed by atoms with Crippen LogP contribution in [-0.2, 0) is 18.0 Å². The molecule has 0 aliphatic rings. The minimum absolute atomic E-state index is 0.0958. The van der Waals surface area contributed by atoms with Crippen LogP contribution in [0.3, 0.4) is 0 Å². The molecule has 0 unspecified atom stereocenters. The monoisotopic (exact) mass is 376 g/mol. The van der Waals surface area contributed by atoms with Crippen molar-refractivity contribution in [3.63, 3.8) is 0 Å². The van der Waals surface area contributed by atoms with Gasteiger partial charge in [-0.15, -0.1) is 0 Å². The van der Waals surface area contributed by atoms with Gasteiger partial charge in [0.15, 0.2) is 0 Å². The van der Waals surface area contributed by atoms with E-state index < -0.39 is 11.9 Å². The largest absolute Gasteiger partial charge is 0.457 e. The summed E-state index contributed by atoms with van der Waals surface area (Å²) < 4.78 is 10.9. The summed E-state index contributed by atoms with van der Waals surface area (Å²) >= 11 is 0. The fourth-order valence-electron chi connectivity index (χ4n) is 2.72. The topological polar surface area (TPSA) is 72.8 Å². The lowest BCUT2D eigenvalue weighted by Gasteiger charge is -2.15. The van der Waals surface area contributed by atoms with Gasteiger partial charge in [0, 0.05) is 0 Å². The number of esters is 2. The molecule has 3 aromatic rings. The molecule has 0 amide bonds. The lowest BCUT2D eigenvalue weighted by molar-refractivity contribution is 0.0467. The molecule has 5 heteroatoms. The SMILES string of the molecule is Cc1c(CO)ccc(C(=O)OCc2ccccc2)c1OC(=O)c1ccccc1. The molecule has 0 saturated carbocycles. The third kappa shape index (κ3) is 4.45. The van der Waals surface area contributed by atoms with E-state index in [9.17, 15) is 14.7 Å². The molecule has 0 radical (unpaired) electrons. The standard InChI is InChI=1S/C23H20O5/c1-16-19(14-24)12-13-20(23(26)27-15-17-8-4-2-5-9-17)21(16)28-22(25)18-10-6-3-7-11-18/h2-13,24H,14-15H2,1H3. The van der Waals surface area contributed by atoms with Gasteiger partial charge in [0.05, 0.1) is 12.2 Å². The van der Waals surface area contributed by atoms with Crippen molar-refractivity contribution in [3.8, 4) is 5.75 Å². The van der Waals surface area contributed by atoms with Crippen molar-refractivity contribution in [2.75, 3.05) is 0 Å². The van der Waals surface area contributed by atoms with Gasteiger partial charge in [-0.3, -0.25) is 0 Å². The molecule has 0 aliphatic heterocycles. The molecule has 28 heavy (non-hydrogen) atoms. The number of carbonyl (C=O) groups excluding carboxylic acids is 2. The smallest absolute Gasteiger partial charge is 0.343 e. The Morgan fingerprint density at radius 1 is 0.857 bits per heavy atom. The molecule has 142 valence electrons. The molecule has 3 aromatic carbocycles. The second-order valence-electron chi connectivity index (χ2n) is 6.20. The van der Waals surface area contributed by atoms with E-state index in [1.54, 1.807) is 43.3 Å².